The number of H-pyrrole nitrogens is 1. The number of carbonyl (C=O) groups excluding carboxylic acids is 1. The maximum Gasteiger partial charge on any atom is 0.273 e. The van der Waals surface area contributed by atoms with E-state index in [1.165, 1.54) is 19.4 Å². The minimum Gasteiger partial charge on any atom is -0.479 e. The Balaban J connectivity index is 1.90. The Morgan fingerprint density at radius 3 is 2.65 bits per heavy atom. The third kappa shape index (κ3) is 4.64. The van der Waals surface area contributed by atoms with Crippen LogP contribution in [0.3, 0.4) is 0 Å². The summed E-state index contributed by atoms with van der Waals surface area (Å²) < 4.78 is 76.1. The summed E-state index contributed by atoms with van der Waals surface area (Å²) in [6.07, 6.45) is 6.29. The second-order valence-corrected chi connectivity index (χ2v) is 8.61. The maximum atomic E-state index is 15.8. The van der Waals surface area contributed by atoms with Crippen molar-refractivity contribution in [2.75, 3.05) is 18.0 Å². The highest BCUT2D eigenvalue weighted by Crippen LogP contribution is 2.40. The number of ether oxygens (including phenoxy) is 1. The van der Waals surface area contributed by atoms with Gasteiger partial charge in [-0.15, -0.1) is 6.42 Å². The van der Waals surface area contributed by atoms with Gasteiger partial charge in [0.1, 0.15) is 17.0 Å². The van der Waals surface area contributed by atoms with E-state index >= 15 is 8.78 Å². The molecule has 2 N–H and O–H groups in total. The lowest BCUT2D eigenvalue weighted by molar-refractivity contribution is 0.0955. The first-order chi connectivity index (χ1) is 17.7. The Hall–Kier alpha value is -4.28. The Kier molecular flexibility index (Phi) is 7.23. The van der Waals surface area contributed by atoms with Gasteiger partial charge in [-0.1, -0.05) is 23.6 Å². The van der Waals surface area contributed by atoms with Crippen LogP contribution in [0.15, 0.2) is 36.5 Å². The van der Waals surface area contributed by atoms with E-state index in [0.717, 1.165) is 24.3 Å². The predicted octanol–water partition coefficient (Wildman–Crippen LogP) is 3.73. The van der Waals surface area contributed by atoms with E-state index in [0.29, 0.717) is 4.31 Å². The number of pyridine rings is 1. The van der Waals surface area contributed by atoms with Crippen LogP contribution in [0.25, 0.3) is 22.0 Å². The molecule has 4 aromatic rings. The molecule has 0 spiro atoms. The number of nitrogens with one attached hydrogen (secondary N) is 2. The van der Waals surface area contributed by atoms with Crippen LogP contribution in [0, 0.1) is 29.8 Å². The monoisotopic (exact) mass is 549 g/mol. The van der Waals surface area contributed by atoms with E-state index in [2.05, 4.69) is 26.4 Å². The number of aromatic nitrogens is 3. The van der Waals surface area contributed by atoms with Crippen molar-refractivity contribution in [3.8, 4) is 29.4 Å². The maximum absolute atomic E-state index is 15.8. The molecule has 14 heteroatoms. The van der Waals surface area contributed by atoms with Gasteiger partial charge in [0.25, 0.3) is 5.91 Å². The smallest absolute Gasteiger partial charge is 0.273 e. The number of halogens is 4. The van der Waals surface area contributed by atoms with Gasteiger partial charge < -0.3 is 10.1 Å². The molecule has 1 amide bonds. The minimum absolute atomic E-state index is 0.0122. The number of thiol groups is 1. The van der Waals surface area contributed by atoms with E-state index in [1.807, 2.05) is 0 Å². The van der Waals surface area contributed by atoms with Crippen molar-refractivity contribution in [2.24, 2.45) is 0 Å². The number of benzene rings is 2. The molecule has 0 bridgehead atoms. The van der Waals surface area contributed by atoms with E-state index in [4.69, 9.17) is 22.8 Å². The number of hydrogen-bond donors (Lipinski definition) is 3. The molecule has 0 fully saturated rings. The molecule has 0 unspecified atom stereocenters. The van der Waals surface area contributed by atoms with Crippen LogP contribution in [0.2, 0.25) is 5.02 Å². The number of fused-ring (bicyclic) bond motifs is 1. The number of rotatable bonds is 7. The van der Waals surface area contributed by atoms with Crippen molar-refractivity contribution in [2.45, 2.75) is 0 Å². The van der Waals surface area contributed by atoms with Gasteiger partial charge in [-0.25, -0.2) is 30.9 Å². The molecule has 0 aliphatic carbocycles. The van der Waals surface area contributed by atoms with Crippen molar-refractivity contribution in [3.63, 3.8) is 0 Å². The molecule has 37 heavy (non-hydrogen) atoms. The standard InChI is InChI=1S/C23H15ClF3N5O4S/c1-3-8-28-22(33)21-13-5-4-12(18(26)20(13)30-31-21)17-14(25)6-7-15(19(17)27)32(37(34)35)16-9-11(24)10-29-23(16)36-2/h1,4-7,9-10,37H,8H2,2H3,(H,28,33)(H,30,31). The molecular formula is C23H15ClF3N5O4S. The average Bonchev–Trinajstić information content (AvgIpc) is 3.30. The van der Waals surface area contributed by atoms with Crippen LogP contribution in [0.5, 0.6) is 5.88 Å². The molecule has 0 saturated carbocycles. The van der Waals surface area contributed by atoms with E-state index in [1.54, 1.807) is 0 Å². The van der Waals surface area contributed by atoms with Gasteiger partial charge in [0.2, 0.25) is 16.8 Å². The summed E-state index contributed by atoms with van der Waals surface area (Å²) in [5.41, 5.74) is -2.80. The van der Waals surface area contributed by atoms with Crippen LogP contribution in [0.1, 0.15) is 10.5 Å². The molecule has 190 valence electrons. The number of aromatic amines is 1. The largest absolute Gasteiger partial charge is 0.479 e. The first kappa shape index (κ1) is 25.8. The molecule has 0 aliphatic rings. The summed E-state index contributed by atoms with van der Waals surface area (Å²) in [6, 6.07) is 5.08. The van der Waals surface area contributed by atoms with E-state index in [9.17, 15) is 17.6 Å². The first-order valence-electron chi connectivity index (χ1n) is 10.2. The average molecular weight is 550 g/mol. The van der Waals surface area contributed by atoms with Crippen LogP contribution < -0.4 is 14.4 Å². The van der Waals surface area contributed by atoms with Crippen molar-refractivity contribution in [1.82, 2.24) is 20.5 Å². The zero-order valence-electron chi connectivity index (χ0n) is 18.7. The van der Waals surface area contributed by atoms with Gasteiger partial charge in [0.05, 0.1) is 29.9 Å². The Morgan fingerprint density at radius 1 is 1.22 bits per heavy atom. The predicted molar refractivity (Wildman–Crippen MR) is 131 cm³/mol. The molecule has 4 rings (SSSR count). The van der Waals surface area contributed by atoms with Gasteiger partial charge in [-0.05, 0) is 24.3 Å². The fourth-order valence-electron chi connectivity index (χ4n) is 3.62. The molecule has 0 atom stereocenters. The molecule has 2 aromatic heterocycles. The quantitative estimate of drug-likeness (QED) is 0.239. The SMILES string of the molecule is C#CCNC(=O)c1n[nH]c2c(F)c(-c3c(F)ccc(N(c4cc(Cl)cnc4OC)[SH](=O)=O)c3F)ccc12. The van der Waals surface area contributed by atoms with Gasteiger partial charge in [0, 0.05) is 17.1 Å². The summed E-state index contributed by atoms with van der Waals surface area (Å²) in [6.45, 7) is -0.0949. The highest BCUT2D eigenvalue weighted by atomic mass is 35.5. The summed E-state index contributed by atoms with van der Waals surface area (Å²) >= 11 is 5.94. The first-order valence-corrected chi connectivity index (χ1v) is 11.7. The molecule has 0 saturated heterocycles. The Bertz CT molecular complexity index is 1660. The van der Waals surface area contributed by atoms with Gasteiger partial charge in [0.15, 0.2) is 17.3 Å². The number of methoxy groups -OCH3 is 1. The lowest BCUT2D eigenvalue weighted by atomic mass is 10.0. The van der Waals surface area contributed by atoms with Crippen molar-refractivity contribution >= 4 is 50.7 Å². The van der Waals surface area contributed by atoms with E-state index in [-0.39, 0.29) is 39.7 Å². The summed E-state index contributed by atoms with van der Waals surface area (Å²) in [4.78, 5) is 16.1. The Labute approximate surface area is 214 Å². The number of amides is 1. The Morgan fingerprint density at radius 2 is 1.97 bits per heavy atom. The van der Waals surface area contributed by atoms with Crippen LogP contribution in [-0.2, 0) is 10.9 Å². The number of hydrogen-bond acceptors (Lipinski definition) is 6. The van der Waals surface area contributed by atoms with Gasteiger partial charge in [-0.3, -0.25) is 9.89 Å². The summed E-state index contributed by atoms with van der Waals surface area (Å²) in [5.74, 6) is -2.39. The zero-order valence-corrected chi connectivity index (χ0v) is 20.3. The van der Waals surface area contributed by atoms with Crippen LogP contribution >= 0.6 is 11.6 Å². The highest BCUT2D eigenvalue weighted by molar-refractivity contribution is 7.74. The highest BCUT2D eigenvalue weighted by Gasteiger charge is 2.28. The van der Waals surface area contributed by atoms with Crippen LogP contribution in [0.4, 0.5) is 24.5 Å². The summed E-state index contributed by atoms with van der Waals surface area (Å²) in [7, 11) is -2.37. The van der Waals surface area contributed by atoms with Gasteiger partial charge in [-0.2, -0.15) is 5.10 Å². The second-order valence-electron chi connectivity index (χ2n) is 7.30. The molecule has 9 nitrogen and oxygen atoms in total. The van der Waals surface area contributed by atoms with Crippen molar-refractivity contribution in [1.29, 1.82) is 0 Å². The third-order valence-electron chi connectivity index (χ3n) is 5.19. The fraction of sp³-hybridized carbons (Fsp3) is 0.0870. The van der Waals surface area contributed by atoms with Crippen molar-refractivity contribution in [3.05, 3.63) is 64.7 Å². The molecule has 0 radical (unpaired) electrons. The molecular weight excluding hydrogens is 535 g/mol. The zero-order chi connectivity index (χ0) is 26.9. The fourth-order valence-corrected chi connectivity index (χ4v) is 4.42. The molecule has 0 aliphatic heterocycles. The lowest BCUT2D eigenvalue weighted by Gasteiger charge is -2.21. The number of carbonyl (C=O) groups is 1. The van der Waals surface area contributed by atoms with Gasteiger partial charge >= 0.3 is 0 Å². The number of terminal acetylenes is 1. The van der Waals surface area contributed by atoms with Crippen molar-refractivity contribution < 1.29 is 31.1 Å². The topological polar surface area (TPSA) is 117 Å². The number of nitrogens with zero attached hydrogens (tertiary/aromatic N) is 3. The third-order valence-corrected chi connectivity index (χ3v) is 6.16. The molecule has 2 heterocycles. The second kappa shape index (κ2) is 10.4. The minimum atomic E-state index is -3.58. The normalized spacial score (nSPS) is 10.9. The van der Waals surface area contributed by atoms with Crippen LogP contribution in [-0.4, -0.2) is 43.2 Å². The lowest BCUT2D eigenvalue weighted by Crippen LogP contribution is -2.24. The molecule has 2 aromatic carbocycles. The number of anilines is 2. The van der Waals surface area contributed by atoms with E-state index < -0.39 is 51.1 Å². The summed E-state index contributed by atoms with van der Waals surface area (Å²) in [5, 5.41) is 8.54.